The van der Waals surface area contributed by atoms with Crippen molar-refractivity contribution in [3.63, 3.8) is 0 Å². The maximum Gasteiger partial charge on any atom is 0.258 e. The van der Waals surface area contributed by atoms with Crippen LogP contribution in [0.4, 0.5) is 0 Å². The van der Waals surface area contributed by atoms with Crippen LogP contribution in [-0.2, 0) is 14.8 Å². The van der Waals surface area contributed by atoms with Crippen LogP contribution in [-0.4, -0.2) is 27.0 Å². The second-order valence-corrected chi connectivity index (χ2v) is 9.30. The van der Waals surface area contributed by atoms with Crippen LogP contribution in [0.2, 0.25) is 5.02 Å². The highest BCUT2D eigenvalue weighted by Gasteiger charge is 2.23. The Morgan fingerprint density at radius 1 is 1.17 bits per heavy atom. The molecule has 29 heavy (non-hydrogen) atoms. The van der Waals surface area contributed by atoms with Crippen LogP contribution in [0, 0.1) is 0 Å². The van der Waals surface area contributed by atoms with Gasteiger partial charge in [-0.15, -0.1) is 0 Å². The van der Waals surface area contributed by atoms with E-state index in [4.69, 9.17) is 16.3 Å². The van der Waals surface area contributed by atoms with E-state index in [0.29, 0.717) is 0 Å². The van der Waals surface area contributed by atoms with Gasteiger partial charge in [-0.1, -0.05) is 54.8 Å². The Morgan fingerprint density at radius 3 is 2.52 bits per heavy atom. The first kappa shape index (κ1) is 21.6. The average Bonchev–Trinajstić information content (AvgIpc) is 3.20. The Bertz CT molecular complexity index is 944. The SMILES string of the molecule is C[C@@H](NC(=O)COc1ccc(S(=O)(=O)NC2CCCC2)cc1Cl)c1ccccc1. The van der Waals surface area contributed by atoms with Crippen molar-refractivity contribution in [1.29, 1.82) is 0 Å². The van der Waals surface area contributed by atoms with Crippen molar-refractivity contribution < 1.29 is 17.9 Å². The molecule has 1 aliphatic rings. The quantitative estimate of drug-likeness (QED) is 0.658. The van der Waals surface area contributed by atoms with Gasteiger partial charge in [0.2, 0.25) is 10.0 Å². The molecule has 1 saturated carbocycles. The molecule has 0 bridgehead atoms. The first-order valence-corrected chi connectivity index (χ1v) is 11.5. The lowest BCUT2D eigenvalue weighted by Crippen LogP contribution is -2.32. The minimum absolute atomic E-state index is 0.0231. The number of hydrogen-bond acceptors (Lipinski definition) is 4. The lowest BCUT2D eigenvalue weighted by Gasteiger charge is -2.16. The Balaban J connectivity index is 1.57. The zero-order chi connectivity index (χ0) is 20.9. The van der Waals surface area contributed by atoms with Crippen molar-refractivity contribution in [3.05, 3.63) is 59.1 Å². The molecule has 0 radical (unpaired) electrons. The van der Waals surface area contributed by atoms with Crippen molar-refractivity contribution in [2.24, 2.45) is 0 Å². The first-order chi connectivity index (χ1) is 13.8. The third kappa shape index (κ3) is 5.95. The Hall–Kier alpha value is -2.09. The summed E-state index contributed by atoms with van der Waals surface area (Å²) < 4.78 is 33.2. The molecule has 2 N–H and O–H groups in total. The molecule has 0 spiro atoms. The van der Waals surface area contributed by atoms with E-state index < -0.39 is 10.0 Å². The van der Waals surface area contributed by atoms with Crippen LogP contribution in [0.15, 0.2) is 53.4 Å². The van der Waals surface area contributed by atoms with E-state index in [9.17, 15) is 13.2 Å². The van der Waals surface area contributed by atoms with E-state index in [2.05, 4.69) is 10.0 Å². The van der Waals surface area contributed by atoms with Gasteiger partial charge in [-0.3, -0.25) is 4.79 Å². The van der Waals surface area contributed by atoms with Gasteiger partial charge < -0.3 is 10.1 Å². The average molecular weight is 437 g/mol. The summed E-state index contributed by atoms with van der Waals surface area (Å²) in [6.45, 7) is 1.67. The molecule has 1 atom stereocenters. The lowest BCUT2D eigenvalue weighted by atomic mass is 10.1. The number of halogens is 1. The fourth-order valence-corrected chi connectivity index (χ4v) is 4.98. The Morgan fingerprint density at radius 2 is 1.86 bits per heavy atom. The van der Waals surface area contributed by atoms with E-state index >= 15 is 0 Å². The molecule has 0 heterocycles. The summed E-state index contributed by atoms with van der Waals surface area (Å²) >= 11 is 6.19. The number of benzene rings is 2. The number of rotatable bonds is 8. The highest BCUT2D eigenvalue weighted by atomic mass is 35.5. The number of carbonyl (C=O) groups excluding carboxylic acids is 1. The van der Waals surface area contributed by atoms with Gasteiger partial charge in [-0.2, -0.15) is 0 Å². The summed E-state index contributed by atoms with van der Waals surface area (Å²) in [4.78, 5) is 12.2. The number of carbonyl (C=O) groups is 1. The zero-order valence-corrected chi connectivity index (χ0v) is 17.8. The Labute approximate surface area is 176 Å². The van der Waals surface area contributed by atoms with Crippen LogP contribution in [0.25, 0.3) is 0 Å². The summed E-state index contributed by atoms with van der Waals surface area (Å²) in [5.41, 5.74) is 0.989. The summed E-state index contributed by atoms with van der Waals surface area (Å²) in [7, 11) is -3.63. The summed E-state index contributed by atoms with van der Waals surface area (Å²) in [5.74, 6) is -0.0361. The highest BCUT2D eigenvalue weighted by Crippen LogP contribution is 2.28. The van der Waals surface area contributed by atoms with E-state index in [1.54, 1.807) is 0 Å². The fourth-order valence-electron chi connectivity index (χ4n) is 3.35. The largest absolute Gasteiger partial charge is 0.482 e. The molecule has 1 aliphatic carbocycles. The number of hydrogen-bond donors (Lipinski definition) is 2. The smallest absolute Gasteiger partial charge is 0.258 e. The molecule has 2 aromatic rings. The molecule has 3 rings (SSSR count). The highest BCUT2D eigenvalue weighted by molar-refractivity contribution is 7.89. The molecule has 1 fully saturated rings. The minimum atomic E-state index is -3.63. The zero-order valence-electron chi connectivity index (χ0n) is 16.2. The molecule has 0 saturated heterocycles. The molecule has 156 valence electrons. The van der Waals surface area contributed by atoms with Gasteiger partial charge in [-0.05, 0) is 43.5 Å². The van der Waals surface area contributed by atoms with Gasteiger partial charge in [0.05, 0.1) is 16.0 Å². The van der Waals surface area contributed by atoms with Crippen LogP contribution in [0.1, 0.15) is 44.2 Å². The molecule has 0 unspecified atom stereocenters. The Kier molecular flexibility index (Phi) is 7.16. The minimum Gasteiger partial charge on any atom is -0.482 e. The molecule has 1 amide bonds. The van der Waals surface area contributed by atoms with Gasteiger partial charge in [0.25, 0.3) is 5.91 Å². The molecule has 8 heteroatoms. The van der Waals surface area contributed by atoms with Crippen LogP contribution >= 0.6 is 11.6 Å². The fraction of sp³-hybridized carbons (Fsp3) is 0.381. The van der Waals surface area contributed by atoms with Crippen molar-refractivity contribution in [1.82, 2.24) is 10.0 Å². The summed E-state index contributed by atoms with van der Waals surface area (Å²) in [6, 6.07) is 13.7. The van der Waals surface area contributed by atoms with E-state index in [1.807, 2.05) is 37.3 Å². The van der Waals surface area contributed by atoms with Crippen molar-refractivity contribution in [3.8, 4) is 5.75 Å². The predicted molar refractivity (Wildman–Crippen MR) is 113 cm³/mol. The maximum absolute atomic E-state index is 12.5. The third-order valence-corrected chi connectivity index (χ3v) is 6.74. The summed E-state index contributed by atoms with van der Waals surface area (Å²) in [5, 5.41) is 2.99. The van der Waals surface area contributed by atoms with E-state index in [-0.39, 0.29) is 40.3 Å². The van der Waals surface area contributed by atoms with E-state index in [1.165, 1.54) is 18.2 Å². The second kappa shape index (κ2) is 9.61. The van der Waals surface area contributed by atoms with Crippen LogP contribution in [0.5, 0.6) is 5.75 Å². The van der Waals surface area contributed by atoms with Gasteiger partial charge in [0.1, 0.15) is 5.75 Å². The molecule has 2 aromatic carbocycles. The topological polar surface area (TPSA) is 84.5 Å². The third-order valence-electron chi connectivity index (χ3n) is 4.93. The van der Waals surface area contributed by atoms with Crippen molar-refractivity contribution >= 4 is 27.5 Å². The maximum atomic E-state index is 12.5. The normalized spacial score (nSPS) is 15.8. The van der Waals surface area contributed by atoms with Gasteiger partial charge in [-0.25, -0.2) is 13.1 Å². The van der Waals surface area contributed by atoms with Gasteiger partial charge >= 0.3 is 0 Å². The molecule has 6 nitrogen and oxygen atoms in total. The number of sulfonamides is 1. The van der Waals surface area contributed by atoms with Crippen molar-refractivity contribution in [2.45, 2.75) is 49.6 Å². The van der Waals surface area contributed by atoms with E-state index in [0.717, 1.165) is 31.2 Å². The molecule has 0 aliphatic heterocycles. The van der Waals surface area contributed by atoms with Crippen molar-refractivity contribution in [2.75, 3.05) is 6.61 Å². The predicted octanol–water partition coefficient (Wildman–Crippen LogP) is 3.82. The molecule has 0 aromatic heterocycles. The van der Waals surface area contributed by atoms with Gasteiger partial charge in [0, 0.05) is 6.04 Å². The molecular weight excluding hydrogens is 412 g/mol. The number of nitrogens with one attached hydrogen (secondary N) is 2. The number of ether oxygens (including phenoxy) is 1. The first-order valence-electron chi connectivity index (χ1n) is 9.64. The van der Waals surface area contributed by atoms with Gasteiger partial charge in [0.15, 0.2) is 6.61 Å². The second-order valence-electron chi connectivity index (χ2n) is 7.18. The van der Waals surface area contributed by atoms with Crippen LogP contribution < -0.4 is 14.8 Å². The van der Waals surface area contributed by atoms with Crippen LogP contribution in [0.3, 0.4) is 0 Å². The lowest BCUT2D eigenvalue weighted by molar-refractivity contribution is -0.123. The molecular formula is C21H25ClN2O4S. The standard InChI is InChI=1S/C21H25ClN2O4S/c1-15(16-7-3-2-4-8-16)23-21(25)14-28-20-12-11-18(13-19(20)22)29(26,27)24-17-9-5-6-10-17/h2-4,7-8,11-13,15,17,24H,5-6,9-10,14H2,1H3,(H,23,25)/t15-/m1/s1. The summed E-state index contributed by atoms with van der Waals surface area (Å²) in [6.07, 6.45) is 3.77. The monoisotopic (exact) mass is 436 g/mol. The number of amides is 1.